The minimum atomic E-state index is -0.198. The van der Waals surface area contributed by atoms with Crippen LogP contribution < -0.4 is 11.3 Å². The second-order valence-electron chi connectivity index (χ2n) is 6.28. The monoisotopic (exact) mass is 278 g/mol. The van der Waals surface area contributed by atoms with Gasteiger partial charge in [-0.1, -0.05) is 6.07 Å². The van der Waals surface area contributed by atoms with Crippen LogP contribution in [-0.2, 0) is 4.74 Å². The first-order valence-corrected chi connectivity index (χ1v) is 7.50. The lowest BCUT2D eigenvalue weighted by Crippen LogP contribution is -2.48. The molecule has 20 heavy (non-hydrogen) atoms. The van der Waals surface area contributed by atoms with Crippen LogP contribution in [0.4, 0.5) is 4.39 Å². The maximum atomic E-state index is 13.5. The third kappa shape index (κ3) is 2.48. The van der Waals surface area contributed by atoms with Crippen LogP contribution in [0.15, 0.2) is 18.2 Å². The van der Waals surface area contributed by atoms with Crippen molar-refractivity contribution >= 4 is 0 Å². The molecule has 0 radical (unpaired) electrons. The zero-order valence-corrected chi connectivity index (χ0v) is 12.0. The van der Waals surface area contributed by atoms with Gasteiger partial charge in [-0.05, 0) is 68.2 Å². The predicted octanol–water partition coefficient (Wildman–Crippen LogP) is 2.99. The number of nitrogens with two attached hydrogens (primary N) is 1. The molecular weight excluding hydrogens is 255 g/mol. The zero-order chi connectivity index (χ0) is 14.2. The van der Waals surface area contributed by atoms with Gasteiger partial charge in [-0.15, -0.1) is 0 Å². The van der Waals surface area contributed by atoms with Crippen LogP contribution in [0.5, 0.6) is 0 Å². The maximum absolute atomic E-state index is 13.5. The first kappa shape index (κ1) is 14.0. The fraction of sp³-hybridized carbons (Fsp3) is 0.625. The molecule has 1 spiro atoms. The van der Waals surface area contributed by atoms with E-state index in [4.69, 9.17) is 10.6 Å². The van der Waals surface area contributed by atoms with E-state index in [1.54, 1.807) is 6.07 Å². The lowest BCUT2D eigenvalue weighted by atomic mass is 9.69. The molecular formula is C16H23FN2O. The average Bonchev–Trinajstić information content (AvgIpc) is 2.42. The summed E-state index contributed by atoms with van der Waals surface area (Å²) in [6.07, 6.45) is 5.57. The number of hydrogen-bond donors (Lipinski definition) is 2. The molecule has 0 amide bonds. The van der Waals surface area contributed by atoms with Crippen molar-refractivity contribution in [1.82, 2.24) is 5.43 Å². The molecule has 0 aromatic heterocycles. The molecule has 4 heteroatoms. The first-order valence-electron chi connectivity index (χ1n) is 7.50. The molecule has 2 aliphatic rings. The van der Waals surface area contributed by atoms with Gasteiger partial charge in [-0.25, -0.2) is 4.39 Å². The number of halogens is 1. The molecule has 3 rings (SSSR count). The number of ether oxygens (including phenoxy) is 1. The summed E-state index contributed by atoms with van der Waals surface area (Å²) in [6, 6.07) is 4.95. The first-order chi connectivity index (χ1) is 9.63. The van der Waals surface area contributed by atoms with Gasteiger partial charge < -0.3 is 4.74 Å². The Bertz CT molecular complexity index is 487. The van der Waals surface area contributed by atoms with Gasteiger partial charge in [-0.2, -0.15) is 0 Å². The van der Waals surface area contributed by atoms with Crippen LogP contribution in [0.25, 0.3) is 0 Å². The van der Waals surface area contributed by atoms with Gasteiger partial charge in [0.1, 0.15) is 5.82 Å². The van der Waals surface area contributed by atoms with Gasteiger partial charge in [0.15, 0.2) is 0 Å². The largest absolute Gasteiger partial charge is 0.375 e. The molecule has 0 bridgehead atoms. The highest BCUT2D eigenvalue weighted by Crippen LogP contribution is 2.47. The standard InChI is InChI=1S/C16H23FN2O/c1-11-3-4-13(17)9-14(11)15(19-18)12-5-8-20-16(10-12)6-2-7-16/h3-4,9,12,15,19H,2,5-8,10,18H2,1H3. The highest BCUT2D eigenvalue weighted by Gasteiger charge is 2.44. The molecule has 1 saturated heterocycles. The molecule has 110 valence electrons. The molecule has 3 nitrogen and oxygen atoms in total. The second kappa shape index (κ2) is 5.43. The normalized spacial score (nSPS) is 26.2. The van der Waals surface area contributed by atoms with E-state index in [-0.39, 0.29) is 17.5 Å². The summed E-state index contributed by atoms with van der Waals surface area (Å²) >= 11 is 0. The fourth-order valence-electron chi connectivity index (χ4n) is 3.70. The van der Waals surface area contributed by atoms with E-state index >= 15 is 0 Å². The van der Waals surface area contributed by atoms with Gasteiger partial charge in [0.25, 0.3) is 0 Å². The lowest BCUT2D eigenvalue weighted by molar-refractivity contribution is -0.147. The molecule has 2 fully saturated rings. The topological polar surface area (TPSA) is 47.3 Å². The van der Waals surface area contributed by atoms with E-state index in [2.05, 4.69) is 5.43 Å². The van der Waals surface area contributed by atoms with E-state index in [9.17, 15) is 4.39 Å². The molecule has 1 aromatic carbocycles. The number of aryl methyl sites for hydroxylation is 1. The minimum Gasteiger partial charge on any atom is -0.375 e. The van der Waals surface area contributed by atoms with Crippen molar-refractivity contribution in [3.8, 4) is 0 Å². The predicted molar refractivity (Wildman–Crippen MR) is 76.5 cm³/mol. The van der Waals surface area contributed by atoms with Crippen LogP contribution in [-0.4, -0.2) is 12.2 Å². The quantitative estimate of drug-likeness (QED) is 0.660. The fourth-order valence-corrected chi connectivity index (χ4v) is 3.70. The van der Waals surface area contributed by atoms with Crippen LogP contribution >= 0.6 is 0 Å². The van der Waals surface area contributed by atoms with Crippen molar-refractivity contribution in [3.05, 3.63) is 35.1 Å². The number of hydrogen-bond acceptors (Lipinski definition) is 3. The summed E-state index contributed by atoms with van der Waals surface area (Å²) < 4.78 is 19.5. The Labute approximate surface area is 119 Å². The molecule has 1 heterocycles. The molecule has 2 atom stereocenters. The van der Waals surface area contributed by atoms with Gasteiger partial charge in [-0.3, -0.25) is 11.3 Å². The van der Waals surface area contributed by atoms with Crippen LogP contribution in [0, 0.1) is 18.7 Å². The van der Waals surface area contributed by atoms with Gasteiger partial charge in [0.05, 0.1) is 5.60 Å². The zero-order valence-electron chi connectivity index (χ0n) is 12.0. The van der Waals surface area contributed by atoms with Crippen molar-refractivity contribution in [2.75, 3.05) is 6.61 Å². The van der Waals surface area contributed by atoms with Crippen molar-refractivity contribution in [1.29, 1.82) is 0 Å². The molecule has 1 aromatic rings. The van der Waals surface area contributed by atoms with Crippen LogP contribution in [0.3, 0.4) is 0 Å². The Balaban J connectivity index is 1.83. The number of nitrogens with one attached hydrogen (secondary N) is 1. The highest BCUT2D eigenvalue weighted by atomic mass is 19.1. The summed E-state index contributed by atoms with van der Waals surface area (Å²) in [5.41, 5.74) is 5.07. The Morgan fingerprint density at radius 2 is 2.25 bits per heavy atom. The maximum Gasteiger partial charge on any atom is 0.123 e. The summed E-state index contributed by atoms with van der Waals surface area (Å²) in [4.78, 5) is 0. The number of benzene rings is 1. The second-order valence-corrected chi connectivity index (χ2v) is 6.28. The van der Waals surface area contributed by atoms with Gasteiger partial charge in [0, 0.05) is 12.6 Å². The van der Waals surface area contributed by atoms with Gasteiger partial charge in [0.2, 0.25) is 0 Å². The van der Waals surface area contributed by atoms with E-state index in [1.165, 1.54) is 12.5 Å². The third-order valence-corrected chi connectivity index (χ3v) is 5.02. The Morgan fingerprint density at radius 1 is 1.45 bits per heavy atom. The van der Waals surface area contributed by atoms with E-state index < -0.39 is 0 Å². The molecule has 1 aliphatic heterocycles. The van der Waals surface area contributed by atoms with E-state index in [1.807, 2.05) is 13.0 Å². The minimum absolute atomic E-state index is 0.00655. The van der Waals surface area contributed by atoms with Crippen molar-refractivity contribution in [3.63, 3.8) is 0 Å². The lowest BCUT2D eigenvalue weighted by Gasteiger charge is -2.48. The number of rotatable bonds is 3. The van der Waals surface area contributed by atoms with Gasteiger partial charge >= 0.3 is 0 Å². The molecule has 1 aliphatic carbocycles. The highest BCUT2D eigenvalue weighted by molar-refractivity contribution is 5.30. The van der Waals surface area contributed by atoms with E-state index in [0.29, 0.717) is 5.92 Å². The molecule has 2 unspecified atom stereocenters. The van der Waals surface area contributed by atoms with Crippen LogP contribution in [0.2, 0.25) is 0 Å². The van der Waals surface area contributed by atoms with Crippen molar-refractivity contribution in [2.45, 2.75) is 50.7 Å². The van der Waals surface area contributed by atoms with Crippen molar-refractivity contribution in [2.24, 2.45) is 11.8 Å². The molecule has 1 saturated carbocycles. The Hall–Kier alpha value is -0.970. The van der Waals surface area contributed by atoms with Crippen molar-refractivity contribution < 1.29 is 9.13 Å². The number of hydrazine groups is 1. The Morgan fingerprint density at radius 3 is 2.90 bits per heavy atom. The molecule has 3 N–H and O–H groups in total. The Kier molecular flexibility index (Phi) is 3.80. The average molecular weight is 278 g/mol. The third-order valence-electron chi connectivity index (χ3n) is 5.02. The summed E-state index contributed by atoms with van der Waals surface area (Å²) in [7, 11) is 0. The summed E-state index contributed by atoms with van der Waals surface area (Å²) in [5, 5.41) is 0. The summed E-state index contributed by atoms with van der Waals surface area (Å²) in [6.45, 7) is 2.80. The summed E-state index contributed by atoms with van der Waals surface area (Å²) in [5.74, 6) is 6.00. The smallest absolute Gasteiger partial charge is 0.123 e. The van der Waals surface area contributed by atoms with E-state index in [0.717, 1.165) is 43.4 Å². The van der Waals surface area contributed by atoms with Crippen LogP contribution in [0.1, 0.15) is 49.3 Å². The SMILES string of the molecule is Cc1ccc(F)cc1C(NN)C1CCOC2(CCC2)C1.